The number of carbonyl (C=O) groups is 1. The first kappa shape index (κ1) is 19.5. The van der Waals surface area contributed by atoms with Gasteiger partial charge in [-0.25, -0.2) is 9.37 Å². The molecule has 1 aliphatic rings. The lowest BCUT2D eigenvalue weighted by Crippen LogP contribution is -2.37. The Hall–Kier alpha value is -2.77. The summed E-state index contributed by atoms with van der Waals surface area (Å²) >= 11 is 11.9. The zero-order chi connectivity index (χ0) is 20.8. The molecular formula is C20H16Cl2FN5O. The topological polar surface area (TPSA) is 86.2 Å². The number of fused-ring (bicyclic) bond motifs is 1. The Kier molecular flexibility index (Phi) is 4.88. The molecule has 2 aromatic heterocycles. The number of hydrogen-bond acceptors (Lipinski definition) is 5. The minimum absolute atomic E-state index is 0.00390. The highest BCUT2D eigenvalue weighted by atomic mass is 35.5. The van der Waals surface area contributed by atoms with Crippen molar-refractivity contribution in [2.75, 3.05) is 0 Å². The van der Waals surface area contributed by atoms with Crippen LogP contribution in [0.4, 0.5) is 4.39 Å². The third-order valence-corrected chi connectivity index (χ3v) is 5.35. The molecule has 1 unspecified atom stereocenters. The third-order valence-electron chi connectivity index (χ3n) is 4.85. The van der Waals surface area contributed by atoms with E-state index >= 15 is 0 Å². The van der Waals surface area contributed by atoms with Crippen LogP contribution in [-0.2, 0) is 18.5 Å². The highest BCUT2D eigenvalue weighted by molar-refractivity contribution is 6.36. The summed E-state index contributed by atoms with van der Waals surface area (Å²) in [6, 6.07) is 7.72. The van der Waals surface area contributed by atoms with E-state index in [1.165, 1.54) is 18.3 Å². The molecule has 1 atom stereocenters. The second-order valence-corrected chi connectivity index (χ2v) is 7.89. The Morgan fingerprint density at radius 2 is 2.10 bits per heavy atom. The van der Waals surface area contributed by atoms with E-state index in [9.17, 15) is 9.18 Å². The molecule has 3 heterocycles. The number of halogens is 3. The number of nitrogens with two attached hydrogens (primary N) is 1. The van der Waals surface area contributed by atoms with Crippen molar-refractivity contribution in [3.8, 4) is 0 Å². The molecule has 0 radical (unpaired) electrons. The first-order chi connectivity index (χ1) is 13.8. The number of hydrogen-bond donors (Lipinski definition) is 1. The number of benzene rings is 1. The second-order valence-electron chi connectivity index (χ2n) is 7.04. The molecule has 0 aliphatic carbocycles. The number of carbonyl (C=O) groups excluding carboxylic acids is 1. The molecule has 0 spiro atoms. The smallest absolute Gasteiger partial charge is 0.187 e. The fraction of sp³-hybridized carbons (Fsp3) is 0.200. The minimum Gasteiger partial charge on any atom is -0.382 e. The van der Waals surface area contributed by atoms with Gasteiger partial charge in [-0.3, -0.25) is 14.5 Å². The van der Waals surface area contributed by atoms with Gasteiger partial charge >= 0.3 is 0 Å². The third kappa shape index (κ3) is 3.63. The standard InChI is InChI=1S/C20H16Cl2FN5O/c1-20(10-28-16(4-5-26-28)19(24)27-20)13-6-11(2-3-15(13)23)7-17(29)18-14(22)8-12(21)9-25-18/h2-6,8-9H,7,10H2,1H3,(H2,24,27). The van der Waals surface area contributed by atoms with Crippen LogP contribution in [0.1, 0.15) is 34.2 Å². The quantitative estimate of drug-likeness (QED) is 0.636. The van der Waals surface area contributed by atoms with Crippen molar-refractivity contribution in [1.29, 1.82) is 0 Å². The van der Waals surface area contributed by atoms with Gasteiger partial charge in [0, 0.05) is 24.4 Å². The van der Waals surface area contributed by atoms with E-state index in [-0.39, 0.29) is 28.8 Å². The SMILES string of the molecule is CC1(c2cc(CC(=O)c3ncc(Cl)cc3Cl)ccc2F)Cn2nccc2C(N)=N1. The van der Waals surface area contributed by atoms with Gasteiger partial charge in [-0.1, -0.05) is 29.3 Å². The lowest BCUT2D eigenvalue weighted by molar-refractivity contribution is 0.0988. The van der Waals surface area contributed by atoms with Crippen LogP contribution >= 0.6 is 23.2 Å². The van der Waals surface area contributed by atoms with Crippen molar-refractivity contribution in [3.63, 3.8) is 0 Å². The van der Waals surface area contributed by atoms with Gasteiger partial charge in [-0.05, 0) is 36.8 Å². The van der Waals surface area contributed by atoms with Gasteiger partial charge < -0.3 is 5.73 Å². The van der Waals surface area contributed by atoms with E-state index in [1.807, 2.05) is 0 Å². The molecule has 6 nitrogen and oxygen atoms in total. The summed E-state index contributed by atoms with van der Waals surface area (Å²) in [4.78, 5) is 21.2. The number of aromatic nitrogens is 3. The molecule has 0 saturated heterocycles. The number of Topliss-reactive ketones (excluding diaryl/α,β-unsaturated/α-hetero) is 1. The summed E-state index contributed by atoms with van der Waals surface area (Å²) in [5, 5.41) is 4.75. The Morgan fingerprint density at radius 3 is 2.86 bits per heavy atom. The van der Waals surface area contributed by atoms with Crippen LogP contribution in [0, 0.1) is 5.82 Å². The molecule has 3 aromatic rings. The molecule has 0 amide bonds. The van der Waals surface area contributed by atoms with E-state index in [4.69, 9.17) is 28.9 Å². The largest absolute Gasteiger partial charge is 0.382 e. The van der Waals surface area contributed by atoms with Crippen LogP contribution in [0.2, 0.25) is 10.0 Å². The molecule has 4 rings (SSSR count). The molecular weight excluding hydrogens is 416 g/mol. The van der Waals surface area contributed by atoms with Gasteiger partial charge in [0.15, 0.2) is 5.78 Å². The fourth-order valence-corrected chi connectivity index (χ4v) is 3.94. The predicted octanol–water partition coefficient (Wildman–Crippen LogP) is 3.78. The van der Waals surface area contributed by atoms with Crippen molar-refractivity contribution in [2.24, 2.45) is 10.7 Å². The fourth-order valence-electron chi connectivity index (χ4n) is 3.46. The van der Waals surface area contributed by atoms with Crippen LogP contribution < -0.4 is 5.73 Å². The predicted molar refractivity (Wildman–Crippen MR) is 109 cm³/mol. The molecule has 29 heavy (non-hydrogen) atoms. The molecule has 1 aromatic carbocycles. The summed E-state index contributed by atoms with van der Waals surface area (Å²) in [6.45, 7) is 2.11. The lowest BCUT2D eigenvalue weighted by Gasteiger charge is -2.31. The van der Waals surface area contributed by atoms with Crippen molar-refractivity contribution in [1.82, 2.24) is 14.8 Å². The summed E-state index contributed by atoms with van der Waals surface area (Å²) < 4.78 is 16.4. The van der Waals surface area contributed by atoms with Crippen LogP contribution in [-0.4, -0.2) is 26.4 Å². The number of rotatable bonds is 4. The summed E-state index contributed by atoms with van der Waals surface area (Å²) in [5.74, 6) is -0.441. The molecule has 0 saturated carbocycles. The Morgan fingerprint density at radius 1 is 1.31 bits per heavy atom. The number of amidine groups is 1. The molecule has 2 N–H and O–H groups in total. The van der Waals surface area contributed by atoms with Gasteiger partial charge in [0.05, 0.1) is 16.6 Å². The van der Waals surface area contributed by atoms with E-state index in [1.54, 1.807) is 36.0 Å². The Balaban J connectivity index is 1.66. The van der Waals surface area contributed by atoms with Gasteiger partial charge in [0.1, 0.15) is 28.6 Å². The zero-order valence-electron chi connectivity index (χ0n) is 15.4. The molecule has 0 bridgehead atoms. The van der Waals surface area contributed by atoms with Crippen molar-refractivity contribution < 1.29 is 9.18 Å². The lowest BCUT2D eigenvalue weighted by atomic mass is 9.88. The normalized spacial score (nSPS) is 18.3. The van der Waals surface area contributed by atoms with Crippen molar-refractivity contribution >= 4 is 34.8 Å². The Labute approximate surface area is 176 Å². The van der Waals surface area contributed by atoms with Crippen molar-refractivity contribution in [2.45, 2.75) is 25.4 Å². The van der Waals surface area contributed by atoms with Crippen molar-refractivity contribution in [3.05, 3.63) is 81.1 Å². The maximum absolute atomic E-state index is 14.7. The van der Waals surface area contributed by atoms with E-state index < -0.39 is 11.4 Å². The van der Waals surface area contributed by atoms with Crippen LogP contribution in [0.15, 0.2) is 47.7 Å². The first-order valence-electron chi connectivity index (χ1n) is 8.77. The maximum atomic E-state index is 14.7. The van der Waals surface area contributed by atoms with Gasteiger partial charge in [-0.15, -0.1) is 0 Å². The average molecular weight is 432 g/mol. The van der Waals surface area contributed by atoms with E-state index in [0.717, 1.165) is 0 Å². The average Bonchev–Trinajstić information content (AvgIpc) is 3.11. The highest BCUT2D eigenvalue weighted by Gasteiger charge is 2.35. The van der Waals surface area contributed by atoms with E-state index in [2.05, 4.69) is 15.1 Å². The number of aliphatic imine (C=N–C) groups is 1. The molecule has 148 valence electrons. The van der Waals surface area contributed by atoms with Crippen LogP contribution in [0.3, 0.4) is 0 Å². The molecule has 9 heteroatoms. The monoisotopic (exact) mass is 431 g/mol. The van der Waals surface area contributed by atoms with Gasteiger partial charge in [0.25, 0.3) is 0 Å². The van der Waals surface area contributed by atoms with Crippen LogP contribution in [0.5, 0.6) is 0 Å². The number of ketones is 1. The Bertz CT molecular complexity index is 1160. The van der Waals surface area contributed by atoms with Gasteiger partial charge in [-0.2, -0.15) is 5.10 Å². The second kappa shape index (κ2) is 7.24. The highest BCUT2D eigenvalue weighted by Crippen LogP contribution is 2.34. The number of pyridine rings is 1. The summed E-state index contributed by atoms with van der Waals surface area (Å²) in [6.07, 6.45) is 2.99. The maximum Gasteiger partial charge on any atom is 0.187 e. The molecule has 1 aliphatic heterocycles. The molecule has 0 fully saturated rings. The minimum atomic E-state index is -0.956. The summed E-state index contributed by atoms with van der Waals surface area (Å²) in [7, 11) is 0. The number of nitrogens with zero attached hydrogens (tertiary/aromatic N) is 4. The van der Waals surface area contributed by atoms with E-state index in [0.29, 0.717) is 28.4 Å². The zero-order valence-corrected chi connectivity index (χ0v) is 16.9. The first-order valence-corrected chi connectivity index (χ1v) is 9.53. The summed E-state index contributed by atoms with van der Waals surface area (Å²) in [5.41, 5.74) is 6.86. The van der Waals surface area contributed by atoms with Gasteiger partial charge in [0.2, 0.25) is 0 Å². The van der Waals surface area contributed by atoms with Crippen LogP contribution in [0.25, 0.3) is 0 Å².